The molecule has 0 aliphatic heterocycles. The maximum Gasteiger partial charge on any atom is 0.341 e. The van der Waals surface area contributed by atoms with E-state index in [1.165, 1.54) is 24.0 Å². The monoisotopic (exact) mass is 429 g/mol. The number of carbonyl (C=O) groups excluding carboxylic acids is 2. The Morgan fingerprint density at radius 2 is 1.77 bits per heavy atom. The Bertz CT molecular complexity index is 947. The second kappa shape index (κ2) is 9.43. The molecule has 6 nitrogen and oxygen atoms in total. The van der Waals surface area contributed by atoms with Crippen LogP contribution in [0.3, 0.4) is 0 Å². The van der Waals surface area contributed by atoms with E-state index >= 15 is 0 Å². The number of thiophene rings is 1. The number of hydrogen-bond acceptors (Lipinski definition) is 5. The number of methoxy groups -OCH3 is 1. The van der Waals surface area contributed by atoms with Crippen molar-refractivity contribution in [2.45, 2.75) is 46.0 Å². The van der Waals surface area contributed by atoms with Gasteiger partial charge in [-0.15, -0.1) is 11.3 Å². The van der Waals surface area contributed by atoms with Gasteiger partial charge in [-0.1, -0.05) is 44.0 Å². The topological polar surface area (TPSA) is 92.7 Å². The largest absolute Gasteiger partial charge is 0.481 e. The highest BCUT2D eigenvalue weighted by molar-refractivity contribution is 7.17. The minimum absolute atomic E-state index is 0.320. The normalized spacial score (nSPS) is 18.6. The lowest BCUT2D eigenvalue weighted by atomic mass is 9.78. The Labute approximate surface area is 180 Å². The molecule has 2 N–H and O–H groups in total. The highest BCUT2D eigenvalue weighted by Crippen LogP contribution is 2.41. The molecule has 1 saturated carbocycles. The van der Waals surface area contributed by atoms with Crippen LogP contribution in [0.1, 0.15) is 53.4 Å². The van der Waals surface area contributed by atoms with Gasteiger partial charge in [0, 0.05) is 10.4 Å². The Hall–Kier alpha value is -2.67. The van der Waals surface area contributed by atoms with Gasteiger partial charge in [-0.25, -0.2) is 4.79 Å². The highest BCUT2D eigenvalue weighted by Gasteiger charge is 2.36. The first kappa shape index (κ1) is 22.0. The van der Waals surface area contributed by atoms with Crippen LogP contribution in [0.4, 0.5) is 5.00 Å². The van der Waals surface area contributed by atoms with Crippen molar-refractivity contribution in [3.63, 3.8) is 0 Å². The number of esters is 1. The molecule has 1 amide bonds. The van der Waals surface area contributed by atoms with Gasteiger partial charge in [0.1, 0.15) is 10.6 Å². The SMILES string of the molecule is CCc1ccc(-c2c(C)sc(NC(=O)C3CCCCC3C(=O)O)c2C(=O)OC)cc1. The summed E-state index contributed by atoms with van der Waals surface area (Å²) in [6, 6.07) is 7.97. The molecule has 2 atom stereocenters. The molecule has 1 aromatic carbocycles. The Balaban J connectivity index is 1.97. The summed E-state index contributed by atoms with van der Waals surface area (Å²) in [6.07, 6.45) is 3.58. The van der Waals surface area contributed by atoms with E-state index in [1.807, 2.05) is 31.2 Å². The lowest BCUT2D eigenvalue weighted by Gasteiger charge is -2.27. The molecule has 1 heterocycles. The fourth-order valence-corrected chi connectivity index (χ4v) is 5.20. The van der Waals surface area contributed by atoms with Crippen molar-refractivity contribution in [1.82, 2.24) is 0 Å². The standard InChI is InChI=1S/C23H27NO5S/c1-4-14-9-11-15(12-10-14)18-13(2)30-21(19(18)23(28)29-3)24-20(25)16-7-5-6-8-17(16)22(26)27/h9-12,16-17H,4-8H2,1-3H3,(H,24,25)(H,26,27). The molecular weight excluding hydrogens is 402 g/mol. The molecule has 1 aliphatic carbocycles. The summed E-state index contributed by atoms with van der Waals surface area (Å²) in [5, 5.41) is 12.8. The number of hydrogen-bond donors (Lipinski definition) is 2. The Morgan fingerprint density at radius 1 is 1.13 bits per heavy atom. The highest BCUT2D eigenvalue weighted by atomic mass is 32.1. The third-order valence-corrected chi connectivity index (χ3v) is 6.80. The number of carboxylic acid groups (broad SMARTS) is 1. The van der Waals surface area contributed by atoms with Crippen LogP contribution < -0.4 is 5.32 Å². The summed E-state index contributed by atoms with van der Waals surface area (Å²) in [4.78, 5) is 38.1. The molecule has 160 valence electrons. The fourth-order valence-electron chi connectivity index (χ4n) is 4.13. The van der Waals surface area contributed by atoms with Crippen molar-refractivity contribution >= 4 is 34.2 Å². The van der Waals surface area contributed by atoms with Gasteiger partial charge in [-0.2, -0.15) is 0 Å². The van der Waals surface area contributed by atoms with Crippen LogP contribution in [0.2, 0.25) is 0 Å². The zero-order valence-corrected chi connectivity index (χ0v) is 18.3. The van der Waals surface area contributed by atoms with E-state index in [2.05, 4.69) is 12.2 Å². The van der Waals surface area contributed by atoms with E-state index in [1.54, 1.807) is 0 Å². The molecule has 3 rings (SSSR count). The quantitative estimate of drug-likeness (QED) is 0.637. The maximum atomic E-state index is 13.0. The van der Waals surface area contributed by atoms with E-state index in [9.17, 15) is 19.5 Å². The predicted molar refractivity (Wildman–Crippen MR) is 117 cm³/mol. The Kier molecular flexibility index (Phi) is 6.92. The molecule has 0 spiro atoms. The summed E-state index contributed by atoms with van der Waals surface area (Å²) in [6.45, 7) is 3.98. The molecule has 7 heteroatoms. The number of nitrogens with one attached hydrogen (secondary N) is 1. The van der Waals surface area contributed by atoms with Crippen LogP contribution >= 0.6 is 11.3 Å². The molecule has 0 saturated heterocycles. The average Bonchev–Trinajstić information content (AvgIpc) is 3.08. The van der Waals surface area contributed by atoms with Crippen molar-refractivity contribution in [3.8, 4) is 11.1 Å². The van der Waals surface area contributed by atoms with Gasteiger partial charge < -0.3 is 15.2 Å². The molecule has 2 unspecified atom stereocenters. The van der Waals surface area contributed by atoms with Crippen LogP contribution in [0, 0.1) is 18.8 Å². The van der Waals surface area contributed by atoms with E-state index in [0.29, 0.717) is 23.4 Å². The third kappa shape index (κ3) is 4.41. The summed E-state index contributed by atoms with van der Waals surface area (Å²) >= 11 is 1.31. The summed E-state index contributed by atoms with van der Waals surface area (Å²) < 4.78 is 5.01. The van der Waals surface area contributed by atoms with Gasteiger partial charge in [0.2, 0.25) is 5.91 Å². The van der Waals surface area contributed by atoms with Crippen molar-refractivity contribution < 1.29 is 24.2 Å². The summed E-state index contributed by atoms with van der Waals surface area (Å²) in [5.74, 6) is -3.11. The van der Waals surface area contributed by atoms with Crippen molar-refractivity contribution in [1.29, 1.82) is 0 Å². The van der Waals surface area contributed by atoms with Crippen molar-refractivity contribution in [3.05, 3.63) is 40.3 Å². The molecule has 2 aromatic rings. The molecule has 1 fully saturated rings. The van der Waals surface area contributed by atoms with Crippen LogP contribution in [-0.2, 0) is 20.7 Å². The average molecular weight is 430 g/mol. The van der Waals surface area contributed by atoms with Gasteiger partial charge >= 0.3 is 11.9 Å². The number of carboxylic acids is 1. The molecule has 0 bridgehead atoms. The third-order valence-electron chi connectivity index (χ3n) is 5.78. The molecule has 1 aromatic heterocycles. The summed E-state index contributed by atoms with van der Waals surface area (Å²) in [5.41, 5.74) is 3.13. The van der Waals surface area contributed by atoms with E-state index in [4.69, 9.17) is 4.74 Å². The van der Waals surface area contributed by atoms with E-state index < -0.39 is 23.8 Å². The number of carbonyl (C=O) groups is 3. The van der Waals surface area contributed by atoms with Gasteiger partial charge in [0.05, 0.1) is 18.9 Å². The number of amides is 1. The molecular formula is C23H27NO5S. The number of aryl methyl sites for hydroxylation is 2. The van der Waals surface area contributed by atoms with Gasteiger partial charge in [0.25, 0.3) is 0 Å². The van der Waals surface area contributed by atoms with E-state index in [0.717, 1.165) is 35.3 Å². The van der Waals surface area contributed by atoms with Crippen molar-refractivity contribution in [2.75, 3.05) is 12.4 Å². The molecule has 30 heavy (non-hydrogen) atoms. The second-order valence-electron chi connectivity index (χ2n) is 7.60. The van der Waals surface area contributed by atoms with Gasteiger partial charge in [-0.3, -0.25) is 9.59 Å². The van der Waals surface area contributed by atoms with Gasteiger partial charge in [-0.05, 0) is 37.3 Å². The lowest BCUT2D eigenvalue weighted by Crippen LogP contribution is -2.36. The predicted octanol–water partition coefficient (Wildman–Crippen LogP) is 4.90. The zero-order chi connectivity index (χ0) is 21.8. The fraction of sp³-hybridized carbons (Fsp3) is 0.435. The first-order valence-electron chi connectivity index (χ1n) is 10.2. The lowest BCUT2D eigenvalue weighted by molar-refractivity contribution is -0.147. The van der Waals surface area contributed by atoms with E-state index in [-0.39, 0.29) is 5.91 Å². The van der Waals surface area contributed by atoms with Crippen molar-refractivity contribution in [2.24, 2.45) is 11.8 Å². The zero-order valence-electron chi connectivity index (χ0n) is 17.5. The number of aliphatic carboxylic acids is 1. The number of rotatable bonds is 6. The minimum Gasteiger partial charge on any atom is -0.481 e. The van der Waals surface area contributed by atoms with Crippen LogP contribution in [0.25, 0.3) is 11.1 Å². The van der Waals surface area contributed by atoms with Crippen LogP contribution in [0.15, 0.2) is 24.3 Å². The van der Waals surface area contributed by atoms with Gasteiger partial charge in [0.15, 0.2) is 0 Å². The molecule has 0 radical (unpaired) electrons. The van der Waals surface area contributed by atoms with Crippen LogP contribution in [-0.4, -0.2) is 30.1 Å². The molecule has 1 aliphatic rings. The second-order valence-corrected chi connectivity index (χ2v) is 8.83. The number of ether oxygens (including phenoxy) is 1. The van der Waals surface area contributed by atoms with Crippen LogP contribution in [0.5, 0.6) is 0 Å². The number of benzene rings is 1. The summed E-state index contributed by atoms with van der Waals surface area (Å²) in [7, 11) is 1.31. The Morgan fingerprint density at radius 3 is 2.33 bits per heavy atom. The first-order valence-corrected chi connectivity index (χ1v) is 11.0. The first-order chi connectivity index (χ1) is 14.4. The maximum absolute atomic E-state index is 13.0. The minimum atomic E-state index is -0.942. The number of anilines is 1. The smallest absolute Gasteiger partial charge is 0.341 e.